The van der Waals surface area contributed by atoms with E-state index in [1.165, 1.54) is 24.9 Å². The largest absolute Gasteiger partial charge is 0.479 e. The van der Waals surface area contributed by atoms with Crippen LogP contribution in [0, 0.1) is 6.92 Å². The second-order valence-electron chi connectivity index (χ2n) is 9.76. The van der Waals surface area contributed by atoms with Crippen molar-refractivity contribution in [3.8, 4) is 11.6 Å². The molecule has 0 radical (unpaired) electrons. The van der Waals surface area contributed by atoms with Gasteiger partial charge in [-0.3, -0.25) is 9.36 Å². The van der Waals surface area contributed by atoms with E-state index in [-0.39, 0.29) is 24.2 Å². The Bertz CT molecular complexity index is 1390. The first-order valence-corrected chi connectivity index (χ1v) is 15.2. The fourth-order valence-electron chi connectivity index (χ4n) is 4.16. The molecule has 218 valence electrons. The number of ether oxygens (including phenoxy) is 3. The third-order valence-corrected chi connectivity index (χ3v) is 8.60. The van der Waals surface area contributed by atoms with E-state index in [0.29, 0.717) is 17.1 Å². The van der Waals surface area contributed by atoms with E-state index in [4.69, 9.17) is 35.1 Å². The molecule has 6 atom stereocenters. The normalized spacial score (nSPS) is 25.1. The number of nitrogens with one attached hydrogen (secondary N) is 1. The van der Waals surface area contributed by atoms with Crippen molar-refractivity contribution in [3.05, 3.63) is 42.5 Å². The Balaban J connectivity index is 1.56. The number of rotatable bonds is 11. The fraction of sp³-hybridized carbons (Fsp3) is 0.520. The number of carbonyl (C=O) groups is 1. The number of hydrogen-bond acceptors (Lipinski definition) is 11. The molecule has 1 aliphatic heterocycles. The predicted octanol–water partition coefficient (Wildman–Crippen LogP) is 3.38. The molecule has 12 nitrogen and oxygen atoms in total. The van der Waals surface area contributed by atoms with Crippen LogP contribution >= 0.6 is 6.64 Å². The van der Waals surface area contributed by atoms with Crippen LogP contribution in [0.25, 0.3) is 11.2 Å². The van der Waals surface area contributed by atoms with E-state index in [0.717, 1.165) is 0 Å². The van der Waals surface area contributed by atoms with Crippen LogP contribution in [0.1, 0.15) is 39.7 Å². The minimum absolute atomic E-state index is 0.232. The number of aryl methyl sites for hydroxylation is 1. The molecule has 1 aliphatic rings. The minimum Gasteiger partial charge on any atom is -0.479 e. The van der Waals surface area contributed by atoms with Crippen molar-refractivity contribution >= 4 is 35.6 Å². The maximum Gasteiger partial charge on any atom is 0.323 e. The number of halogens is 1. The highest BCUT2D eigenvalue weighted by atomic mass is 32.5. The summed E-state index contributed by atoms with van der Waals surface area (Å²) >= 11 is 5.71. The van der Waals surface area contributed by atoms with E-state index in [2.05, 4.69) is 20.0 Å². The summed E-state index contributed by atoms with van der Waals surface area (Å²) in [6.45, 7) is 4.14. The number of alkyl halides is 1. The molecule has 0 aliphatic carbocycles. The lowest BCUT2D eigenvalue weighted by molar-refractivity contribution is -0.149. The Morgan fingerprint density at radius 1 is 1.30 bits per heavy atom. The van der Waals surface area contributed by atoms with E-state index < -0.39 is 42.8 Å². The first kappa shape index (κ1) is 30.2. The topological polar surface area (TPSA) is 139 Å². The molecule has 0 amide bonds. The molecule has 40 heavy (non-hydrogen) atoms. The lowest BCUT2D eigenvalue weighted by Crippen LogP contribution is -2.41. The van der Waals surface area contributed by atoms with Gasteiger partial charge in [0, 0.05) is 0 Å². The van der Waals surface area contributed by atoms with E-state index in [1.54, 1.807) is 58.0 Å². The number of benzene rings is 1. The van der Waals surface area contributed by atoms with Gasteiger partial charge in [0.05, 0.1) is 26.1 Å². The third-order valence-electron chi connectivity index (χ3n) is 6.10. The van der Waals surface area contributed by atoms with E-state index >= 15 is 4.39 Å². The number of aliphatic hydroxyl groups is 1. The van der Waals surface area contributed by atoms with Crippen LogP contribution in [0.3, 0.4) is 0 Å². The molecular weight excluding hydrogens is 564 g/mol. The third kappa shape index (κ3) is 6.42. The molecule has 0 saturated carbocycles. The van der Waals surface area contributed by atoms with Crippen molar-refractivity contribution in [2.75, 3.05) is 13.7 Å². The van der Waals surface area contributed by atoms with Gasteiger partial charge in [-0.15, -0.1) is 0 Å². The molecule has 1 aromatic carbocycles. The van der Waals surface area contributed by atoms with Gasteiger partial charge in [-0.1, -0.05) is 18.2 Å². The molecule has 15 heteroatoms. The minimum atomic E-state index is -3.44. The van der Waals surface area contributed by atoms with Gasteiger partial charge < -0.3 is 28.4 Å². The molecule has 2 N–H and O–H groups in total. The van der Waals surface area contributed by atoms with Gasteiger partial charge >= 0.3 is 12.6 Å². The van der Waals surface area contributed by atoms with Gasteiger partial charge in [-0.2, -0.15) is 4.98 Å². The Labute approximate surface area is 236 Å². The molecule has 0 spiro atoms. The lowest BCUT2D eigenvalue weighted by Gasteiger charge is -2.28. The average molecular weight is 598 g/mol. The highest BCUT2D eigenvalue weighted by Gasteiger charge is 2.56. The number of para-hydroxylation sites is 1. The Hall–Kier alpha value is -2.74. The molecule has 2 aromatic heterocycles. The van der Waals surface area contributed by atoms with Crippen LogP contribution < -0.4 is 14.3 Å². The van der Waals surface area contributed by atoms with Crippen LogP contribution in [0.4, 0.5) is 4.39 Å². The summed E-state index contributed by atoms with van der Waals surface area (Å²) in [5.74, 6) is 0.477. The van der Waals surface area contributed by atoms with Gasteiger partial charge in [-0.05, 0) is 58.6 Å². The van der Waals surface area contributed by atoms with Crippen LogP contribution in [-0.4, -0.2) is 74.3 Å². The average Bonchev–Trinajstić information content (AvgIpc) is 3.40. The van der Waals surface area contributed by atoms with E-state index in [9.17, 15) is 9.90 Å². The summed E-state index contributed by atoms with van der Waals surface area (Å²) in [7, 11) is 1.45. The lowest BCUT2D eigenvalue weighted by atomic mass is 9.98. The van der Waals surface area contributed by atoms with Crippen molar-refractivity contribution in [1.82, 2.24) is 24.6 Å². The smallest absolute Gasteiger partial charge is 0.323 e. The molecule has 3 aromatic rings. The number of carbonyl (C=O) groups excluding carboxylic acids is 1. The zero-order valence-electron chi connectivity index (χ0n) is 23.0. The number of aliphatic hydroxyl groups excluding tert-OH is 1. The van der Waals surface area contributed by atoms with Gasteiger partial charge in [0.15, 0.2) is 23.1 Å². The first-order valence-electron chi connectivity index (χ1n) is 12.6. The van der Waals surface area contributed by atoms with E-state index in [1.807, 2.05) is 0 Å². The van der Waals surface area contributed by atoms with Crippen molar-refractivity contribution in [1.29, 1.82) is 0 Å². The molecule has 0 bridgehead atoms. The summed E-state index contributed by atoms with van der Waals surface area (Å²) in [5, 5.41) is 13.9. The zero-order chi connectivity index (χ0) is 29.2. The van der Waals surface area contributed by atoms with Crippen molar-refractivity contribution in [2.45, 2.75) is 70.9 Å². The van der Waals surface area contributed by atoms with Gasteiger partial charge in [0.2, 0.25) is 5.88 Å². The van der Waals surface area contributed by atoms with Crippen molar-refractivity contribution in [3.63, 3.8) is 0 Å². The monoisotopic (exact) mass is 597 g/mol. The highest BCUT2D eigenvalue weighted by Crippen LogP contribution is 2.48. The summed E-state index contributed by atoms with van der Waals surface area (Å²) in [5.41, 5.74) is -1.66. The van der Waals surface area contributed by atoms with Crippen LogP contribution in [0.2, 0.25) is 0 Å². The Morgan fingerprint density at radius 2 is 2.00 bits per heavy atom. The molecule has 1 fully saturated rings. The summed E-state index contributed by atoms with van der Waals surface area (Å²) in [6.07, 6.45) is -3.04. The molecule has 3 heterocycles. The number of nitrogens with zero attached hydrogens (tertiary/aromatic N) is 4. The first-order chi connectivity index (χ1) is 18.8. The summed E-state index contributed by atoms with van der Waals surface area (Å²) in [4.78, 5) is 25.3. The highest BCUT2D eigenvalue weighted by molar-refractivity contribution is 8.09. The van der Waals surface area contributed by atoms with Crippen LogP contribution in [0.5, 0.6) is 11.6 Å². The second kappa shape index (κ2) is 12.0. The van der Waals surface area contributed by atoms with Crippen molar-refractivity contribution in [2.24, 2.45) is 0 Å². The predicted molar refractivity (Wildman–Crippen MR) is 147 cm³/mol. The van der Waals surface area contributed by atoms with Crippen molar-refractivity contribution < 1.29 is 37.5 Å². The van der Waals surface area contributed by atoms with Crippen LogP contribution in [-0.2, 0) is 30.6 Å². The SMILES string of the molecule is COc1nc(C)nc2c1ncn2[C@@H]1O[C@H](COP(=S)(NC(C)C(=O)OC(C)C)Oc2ccccc2)[C@@H](O)[C@@]1(C)F. The van der Waals surface area contributed by atoms with Gasteiger partial charge in [-0.25, -0.2) is 19.4 Å². The number of methoxy groups -OCH3 is 1. The summed E-state index contributed by atoms with van der Waals surface area (Å²) in [6, 6.07) is 7.80. The maximum atomic E-state index is 16.0. The standard InChI is InChI=1S/C25H33FN5O7PS/c1-14(2)36-23(33)15(3)30-39(40,38-17-10-8-7-9-11-17)35-12-18-20(32)25(5,26)24(37-18)31-13-27-19-21(31)28-16(4)29-22(19)34-6/h7-11,13-15,18,20,24,32H,12H2,1-6H3,(H,30,40)/t15?,18-,20-,24-,25-,39?/m1/s1. The zero-order valence-corrected chi connectivity index (χ0v) is 24.7. The number of fused-ring (bicyclic) bond motifs is 1. The molecular formula is C25H33FN5O7PS. The molecule has 4 rings (SSSR count). The van der Waals surface area contributed by atoms with Gasteiger partial charge in [0.1, 0.15) is 29.8 Å². The summed E-state index contributed by atoms with van der Waals surface area (Å²) < 4.78 is 45.9. The number of hydrogen-bond donors (Lipinski definition) is 2. The fourth-order valence-corrected chi connectivity index (χ4v) is 6.58. The quantitative estimate of drug-likeness (QED) is 0.247. The number of esters is 1. The second-order valence-corrected chi connectivity index (χ2v) is 12.9. The van der Waals surface area contributed by atoms with Gasteiger partial charge in [0.25, 0.3) is 0 Å². The van der Waals surface area contributed by atoms with Crippen LogP contribution in [0.15, 0.2) is 36.7 Å². The maximum absolute atomic E-state index is 16.0. The molecule has 2 unspecified atom stereocenters. The Kier molecular flexibility index (Phi) is 9.08. The molecule has 1 saturated heterocycles. The number of imidazole rings is 1. The Morgan fingerprint density at radius 3 is 2.65 bits per heavy atom. The number of aromatic nitrogens is 4.